The fraction of sp³-hybridized carbons (Fsp3) is 0.381. The van der Waals surface area contributed by atoms with Gasteiger partial charge in [-0.15, -0.1) is 0 Å². The third-order valence-electron chi connectivity index (χ3n) is 3.96. The molecule has 0 amide bonds. The number of hydrogen-bond donors (Lipinski definition) is 0. The minimum absolute atomic E-state index is 0.158. The Hall–Kier alpha value is -2.89. The van der Waals surface area contributed by atoms with Gasteiger partial charge in [-0.3, -0.25) is 4.79 Å². The Morgan fingerprint density at radius 3 is 1.59 bits per heavy atom. The number of carbonyl (C=O) groups is 2. The molecule has 0 aliphatic carbocycles. The number of carbonyl (C=O) groups excluding carboxylic acids is 2. The monoisotopic (exact) mass is 371 g/mol. The van der Waals surface area contributed by atoms with E-state index < -0.39 is 29.6 Å². The lowest BCUT2D eigenvalue weighted by atomic mass is 10.0. The second kappa shape index (κ2) is 8.20. The van der Waals surface area contributed by atoms with Crippen LogP contribution in [0.4, 0.5) is 0 Å². The van der Waals surface area contributed by atoms with E-state index in [-0.39, 0.29) is 11.1 Å². The molecular weight excluding hydrogens is 346 g/mol. The van der Waals surface area contributed by atoms with Gasteiger partial charge in [0.2, 0.25) is 5.43 Å². The quantitative estimate of drug-likeness (QED) is 0.751. The van der Waals surface area contributed by atoms with Crippen molar-refractivity contribution in [3.05, 3.63) is 63.1 Å². The van der Waals surface area contributed by atoms with Crippen LogP contribution in [-0.4, -0.2) is 28.7 Å². The maximum absolute atomic E-state index is 13.0. The third-order valence-corrected chi connectivity index (χ3v) is 3.96. The zero-order valence-electron chi connectivity index (χ0n) is 16.5. The lowest BCUT2D eigenvalue weighted by Gasteiger charge is -2.21. The molecule has 1 heterocycles. The predicted molar refractivity (Wildman–Crippen MR) is 103 cm³/mol. The second-order valence-corrected chi connectivity index (χ2v) is 6.83. The number of hydrogen-bond acceptors (Lipinski definition) is 5. The summed E-state index contributed by atoms with van der Waals surface area (Å²) in [6.07, 6.45) is -0.789. The van der Waals surface area contributed by atoms with Crippen molar-refractivity contribution in [2.24, 2.45) is 0 Å². The molecule has 6 heteroatoms. The number of ether oxygens (including phenoxy) is 2. The summed E-state index contributed by atoms with van der Waals surface area (Å²) < 4.78 is 12.2. The predicted octanol–water partition coefficient (Wildman–Crippen LogP) is 3.58. The van der Waals surface area contributed by atoms with E-state index >= 15 is 0 Å². The molecule has 144 valence electrons. The number of aromatic nitrogens is 1. The van der Waals surface area contributed by atoms with Crippen LogP contribution >= 0.6 is 0 Å². The van der Waals surface area contributed by atoms with E-state index in [2.05, 4.69) is 0 Å². The van der Waals surface area contributed by atoms with Gasteiger partial charge in [0.25, 0.3) is 0 Å². The summed E-state index contributed by atoms with van der Waals surface area (Å²) in [7, 11) is 0. The standard InChI is InChI=1S/C21H25NO5/c1-12(2)26-20(24)17-14(5)22(16-10-8-7-9-11-16)15(6)18(19(17)23)21(25)27-13(3)4/h7-13H,1-6H3. The van der Waals surface area contributed by atoms with Crippen LogP contribution in [0.15, 0.2) is 35.1 Å². The molecule has 0 N–H and O–H groups in total. The highest BCUT2D eigenvalue weighted by atomic mass is 16.5. The van der Waals surface area contributed by atoms with Crippen LogP contribution in [0.5, 0.6) is 0 Å². The van der Waals surface area contributed by atoms with Crippen LogP contribution < -0.4 is 5.43 Å². The van der Waals surface area contributed by atoms with Crippen LogP contribution in [0.1, 0.15) is 59.8 Å². The first kappa shape index (κ1) is 20.4. The van der Waals surface area contributed by atoms with E-state index in [9.17, 15) is 14.4 Å². The molecule has 6 nitrogen and oxygen atoms in total. The first-order chi connectivity index (χ1) is 12.6. The van der Waals surface area contributed by atoms with Gasteiger partial charge < -0.3 is 14.0 Å². The molecule has 0 saturated heterocycles. The summed E-state index contributed by atoms with van der Waals surface area (Å²) in [5.41, 5.74) is 0.562. The van der Waals surface area contributed by atoms with Crippen LogP contribution in [0.3, 0.4) is 0 Å². The molecule has 0 atom stereocenters. The van der Waals surface area contributed by atoms with Crippen LogP contribution in [0, 0.1) is 13.8 Å². The molecule has 0 unspecified atom stereocenters. The fourth-order valence-corrected chi connectivity index (χ4v) is 2.92. The van der Waals surface area contributed by atoms with Gasteiger partial charge in [-0.2, -0.15) is 0 Å². The summed E-state index contributed by atoms with van der Waals surface area (Å²) in [4.78, 5) is 38.2. The van der Waals surface area contributed by atoms with Crippen molar-refractivity contribution in [3.63, 3.8) is 0 Å². The van der Waals surface area contributed by atoms with Gasteiger partial charge in [-0.25, -0.2) is 9.59 Å². The number of rotatable bonds is 5. The van der Waals surface area contributed by atoms with Gasteiger partial charge in [0.15, 0.2) is 0 Å². The van der Waals surface area contributed by atoms with Crippen molar-refractivity contribution in [1.29, 1.82) is 0 Å². The number of para-hydroxylation sites is 1. The minimum Gasteiger partial charge on any atom is -0.459 e. The van der Waals surface area contributed by atoms with Crippen molar-refractivity contribution in [2.45, 2.75) is 53.8 Å². The van der Waals surface area contributed by atoms with Crippen molar-refractivity contribution in [1.82, 2.24) is 4.57 Å². The highest BCUT2D eigenvalue weighted by Crippen LogP contribution is 2.20. The summed E-state index contributed by atoms with van der Waals surface area (Å²) in [5.74, 6) is -1.51. The zero-order chi connectivity index (χ0) is 20.3. The average Bonchev–Trinajstić information content (AvgIpc) is 2.54. The first-order valence-electron chi connectivity index (χ1n) is 8.88. The summed E-state index contributed by atoms with van der Waals surface area (Å²) in [6.45, 7) is 10.1. The van der Waals surface area contributed by atoms with Gasteiger partial charge >= 0.3 is 11.9 Å². The Morgan fingerprint density at radius 1 is 0.815 bits per heavy atom. The Balaban J connectivity index is 2.83. The lowest BCUT2D eigenvalue weighted by molar-refractivity contribution is 0.0371. The van der Waals surface area contributed by atoms with E-state index in [0.29, 0.717) is 11.4 Å². The van der Waals surface area contributed by atoms with E-state index in [0.717, 1.165) is 5.69 Å². The van der Waals surface area contributed by atoms with Gasteiger partial charge in [0.05, 0.1) is 12.2 Å². The van der Waals surface area contributed by atoms with Crippen LogP contribution in [-0.2, 0) is 9.47 Å². The summed E-state index contributed by atoms with van der Waals surface area (Å²) in [6, 6.07) is 9.20. The fourth-order valence-electron chi connectivity index (χ4n) is 2.92. The Labute approximate surface area is 158 Å². The van der Waals surface area contributed by atoms with Gasteiger partial charge in [-0.05, 0) is 53.7 Å². The number of nitrogens with zero attached hydrogens (tertiary/aromatic N) is 1. The minimum atomic E-state index is -0.754. The van der Waals surface area contributed by atoms with Crippen LogP contribution in [0.25, 0.3) is 5.69 Å². The smallest absolute Gasteiger partial charge is 0.344 e. The van der Waals surface area contributed by atoms with Gasteiger partial charge in [0, 0.05) is 17.1 Å². The Bertz CT molecular complexity index is 858. The van der Waals surface area contributed by atoms with Crippen molar-refractivity contribution in [2.75, 3.05) is 0 Å². The van der Waals surface area contributed by atoms with E-state index in [1.807, 2.05) is 30.3 Å². The lowest BCUT2D eigenvalue weighted by Crippen LogP contribution is -2.32. The molecule has 0 spiro atoms. The highest BCUT2D eigenvalue weighted by molar-refractivity contribution is 5.97. The van der Waals surface area contributed by atoms with E-state index in [1.165, 1.54) is 0 Å². The molecular formula is C21H25NO5. The molecule has 0 bridgehead atoms. The number of pyridine rings is 1. The number of benzene rings is 1. The average molecular weight is 371 g/mol. The molecule has 2 aromatic rings. The zero-order valence-corrected chi connectivity index (χ0v) is 16.5. The van der Waals surface area contributed by atoms with Gasteiger partial charge in [-0.1, -0.05) is 18.2 Å². The third kappa shape index (κ3) is 4.27. The molecule has 0 radical (unpaired) electrons. The normalized spacial score (nSPS) is 11.0. The molecule has 0 saturated carbocycles. The first-order valence-corrected chi connectivity index (χ1v) is 8.88. The summed E-state index contributed by atoms with van der Waals surface area (Å²) >= 11 is 0. The Kier molecular flexibility index (Phi) is 6.20. The van der Waals surface area contributed by atoms with E-state index in [1.54, 1.807) is 46.1 Å². The SMILES string of the molecule is Cc1c(C(=O)OC(C)C)c(=O)c(C(=O)OC(C)C)c(C)n1-c1ccccc1. The number of esters is 2. The highest BCUT2D eigenvalue weighted by Gasteiger charge is 2.28. The Morgan fingerprint density at radius 2 is 1.22 bits per heavy atom. The maximum atomic E-state index is 13.0. The topological polar surface area (TPSA) is 74.6 Å². The molecule has 0 fully saturated rings. The maximum Gasteiger partial charge on any atom is 0.344 e. The molecule has 1 aromatic heterocycles. The van der Waals surface area contributed by atoms with Crippen LogP contribution in [0.2, 0.25) is 0 Å². The van der Waals surface area contributed by atoms with E-state index in [4.69, 9.17) is 9.47 Å². The molecule has 0 aliphatic heterocycles. The second-order valence-electron chi connectivity index (χ2n) is 6.83. The molecule has 27 heavy (non-hydrogen) atoms. The van der Waals surface area contributed by atoms with Crippen molar-refractivity contribution >= 4 is 11.9 Å². The van der Waals surface area contributed by atoms with Crippen molar-refractivity contribution in [3.8, 4) is 5.69 Å². The largest absolute Gasteiger partial charge is 0.459 e. The molecule has 0 aliphatic rings. The van der Waals surface area contributed by atoms with Crippen molar-refractivity contribution < 1.29 is 19.1 Å². The molecule has 1 aromatic carbocycles. The summed E-state index contributed by atoms with van der Waals surface area (Å²) in [5, 5.41) is 0. The molecule has 2 rings (SSSR count). The van der Waals surface area contributed by atoms with Gasteiger partial charge in [0.1, 0.15) is 11.1 Å².